The third kappa shape index (κ3) is 8.16. The minimum absolute atomic E-state index is 0.0422. The van der Waals surface area contributed by atoms with E-state index in [0.717, 1.165) is 0 Å². The lowest BCUT2D eigenvalue weighted by atomic mass is 9.94. The number of imide groups is 1. The molecule has 1 rings (SSSR count). The van der Waals surface area contributed by atoms with Gasteiger partial charge in [-0.25, -0.2) is 0 Å². The van der Waals surface area contributed by atoms with E-state index in [2.05, 4.69) is 0 Å². The fourth-order valence-corrected chi connectivity index (χ4v) is 2.88. The number of carbonyl (C=O) groups excluding carboxylic acids is 4. The van der Waals surface area contributed by atoms with Gasteiger partial charge in [0.1, 0.15) is 6.61 Å². The Labute approximate surface area is 181 Å². The molecule has 0 aromatic rings. The Hall–Kier alpha value is -1.01. The number of nitrogens with zero attached hydrogens (tertiary/aromatic N) is 2. The van der Waals surface area contributed by atoms with Gasteiger partial charge >= 0.3 is 0 Å². The summed E-state index contributed by atoms with van der Waals surface area (Å²) in [6, 6.07) is 0. The van der Waals surface area contributed by atoms with Gasteiger partial charge in [0.05, 0.1) is 23.7 Å². The van der Waals surface area contributed by atoms with Crippen LogP contribution in [-0.2, 0) is 28.7 Å². The van der Waals surface area contributed by atoms with Crippen LogP contribution in [0.25, 0.3) is 0 Å². The molecule has 1 aliphatic rings. The highest BCUT2D eigenvalue weighted by molar-refractivity contribution is 14.1. The van der Waals surface area contributed by atoms with Crippen LogP contribution >= 0.6 is 22.6 Å². The van der Waals surface area contributed by atoms with E-state index >= 15 is 0 Å². The van der Waals surface area contributed by atoms with Crippen molar-refractivity contribution in [1.82, 2.24) is 9.71 Å². The molecule has 158 valence electrons. The van der Waals surface area contributed by atoms with Crippen molar-refractivity contribution in [1.29, 1.82) is 0 Å². The first-order valence-corrected chi connectivity index (χ1v) is 10.8. The predicted octanol–water partition coefficient (Wildman–Crippen LogP) is 0.210. The van der Waals surface area contributed by atoms with Crippen LogP contribution in [0.5, 0.6) is 0 Å². The van der Waals surface area contributed by atoms with Crippen molar-refractivity contribution in [2.24, 2.45) is 11.8 Å². The quantitative estimate of drug-likeness (QED) is 0.116. The standard InChI is InChI=1S/C18H30BIN2O6/c1-12(2)14-10-17(25)21(18(14)26)5-4-16(24)22(19)6-7-27-8-9-28-11-15(23)13(3)20/h12-14H,4-11,19H2,1-3H3. The molecule has 8 nitrogen and oxygen atoms in total. The number of halogens is 1. The average molecular weight is 508 g/mol. The highest BCUT2D eigenvalue weighted by Crippen LogP contribution is 2.26. The Balaban J connectivity index is 2.18. The van der Waals surface area contributed by atoms with Crippen LogP contribution in [0.1, 0.15) is 33.6 Å². The SMILES string of the molecule is BN(CCOCCOCC(=O)C(C)I)C(=O)CCN1C(=O)CC(C(C)C)C1=O. The zero-order valence-corrected chi connectivity index (χ0v) is 19.3. The Morgan fingerprint density at radius 3 is 2.43 bits per heavy atom. The summed E-state index contributed by atoms with van der Waals surface area (Å²) in [5, 5.41) is 0. The summed E-state index contributed by atoms with van der Waals surface area (Å²) in [4.78, 5) is 50.5. The molecule has 0 spiro atoms. The Morgan fingerprint density at radius 2 is 1.86 bits per heavy atom. The van der Waals surface area contributed by atoms with E-state index in [1.165, 1.54) is 9.71 Å². The molecule has 1 fully saturated rings. The summed E-state index contributed by atoms with van der Waals surface area (Å²) >= 11 is 2.04. The predicted molar refractivity (Wildman–Crippen MR) is 115 cm³/mol. The van der Waals surface area contributed by atoms with Crippen LogP contribution in [0.15, 0.2) is 0 Å². The maximum atomic E-state index is 12.2. The molecular weight excluding hydrogens is 478 g/mol. The van der Waals surface area contributed by atoms with E-state index in [9.17, 15) is 19.2 Å². The van der Waals surface area contributed by atoms with Gasteiger partial charge in [0.15, 0.2) is 5.78 Å². The summed E-state index contributed by atoms with van der Waals surface area (Å²) in [6.45, 7) is 7.28. The van der Waals surface area contributed by atoms with Gasteiger partial charge in [0.25, 0.3) is 0 Å². The molecule has 0 N–H and O–H groups in total. The molecule has 0 radical (unpaired) electrons. The lowest BCUT2D eigenvalue weighted by molar-refractivity contribution is -0.140. The molecule has 1 saturated heterocycles. The van der Waals surface area contributed by atoms with Gasteiger partial charge in [-0.2, -0.15) is 0 Å². The van der Waals surface area contributed by atoms with Crippen molar-refractivity contribution in [3.05, 3.63) is 0 Å². The summed E-state index contributed by atoms with van der Waals surface area (Å²) in [7, 11) is 1.66. The van der Waals surface area contributed by atoms with Gasteiger partial charge in [-0.1, -0.05) is 36.4 Å². The van der Waals surface area contributed by atoms with E-state index in [-0.39, 0.29) is 65.3 Å². The molecule has 3 amide bonds. The van der Waals surface area contributed by atoms with Gasteiger partial charge in [0, 0.05) is 31.8 Å². The number of amides is 3. The lowest BCUT2D eigenvalue weighted by Crippen LogP contribution is -2.37. The number of Topliss-reactive ketones (excluding diaryl/α,β-unsaturated/α-hetero) is 1. The number of ketones is 1. The number of alkyl halides is 1. The molecule has 0 aliphatic carbocycles. The molecule has 10 heteroatoms. The maximum Gasteiger partial charge on any atom is 0.233 e. The van der Waals surface area contributed by atoms with E-state index in [4.69, 9.17) is 9.47 Å². The second kappa shape index (κ2) is 12.5. The van der Waals surface area contributed by atoms with Crippen LogP contribution < -0.4 is 0 Å². The Bertz CT molecular complexity index is 572. The highest BCUT2D eigenvalue weighted by atomic mass is 127. The van der Waals surface area contributed by atoms with Crippen molar-refractivity contribution in [2.75, 3.05) is 39.5 Å². The van der Waals surface area contributed by atoms with Gasteiger partial charge in [-0.05, 0) is 12.8 Å². The van der Waals surface area contributed by atoms with Crippen molar-refractivity contribution < 1.29 is 28.7 Å². The van der Waals surface area contributed by atoms with Crippen molar-refractivity contribution in [3.8, 4) is 0 Å². The first-order chi connectivity index (χ1) is 13.1. The first kappa shape index (κ1) is 25.0. The zero-order valence-electron chi connectivity index (χ0n) is 17.1. The zero-order chi connectivity index (χ0) is 21.3. The number of hydrogen-bond acceptors (Lipinski definition) is 6. The summed E-state index contributed by atoms with van der Waals surface area (Å²) in [6.07, 6.45) is 0.345. The molecule has 28 heavy (non-hydrogen) atoms. The number of hydrogen-bond donors (Lipinski definition) is 0. The van der Waals surface area contributed by atoms with Crippen LogP contribution in [0.2, 0.25) is 0 Å². The van der Waals surface area contributed by atoms with E-state index < -0.39 is 0 Å². The Kier molecular flexibility index (Phi) is 11.2. The molecule has 2 unspecified atom stereocenters. The second-order valence-corrected chi connectivity index (χ2v) is 9.12. The number of likely N-dealkylation sites (tertiary alicyclic amines) is 1. The first-order valence-electron chi connectivity index (χ1n) is 9.55. The van der Waals surface area contributed by atoms with Crippen LogP contribution in [-0.4, -0.2) is 84.6 Å². The summed E-state index contributed by atoms with van der Waals surface area (Å²) in [5.74, 6) is -0.627. The molecule has 0 saturated carbocycles. The van der Waals surface area contributed by atoms with E-state index in [0.29, 0.717) is 26.4 Å². The van der Waals surface area contributed by atoms with Crippen molar-refractivity contribution >= 4 is 54.1 Å². The molecule has 2 atom stereocenters. The van der Waals surface area contributed by atoms with Gasteiger partial charge in [-0.3, -0.25) is 24.1 Å². The van der Waals surface area contributed by atoms with E-state index in [1.807, 2.05) is 43.4 Å². The minimum Gasteiger partial charge on any atom is -0.391 e. The normalized spacial score (nSPS) is 18.0. The fourth-order valence-electron chi connectivity index (χ4n) is 2.70. The van der Waals surface area contributed by atoms with Crippen molar-refractivity contribution in [3.63, 3.8) is 0 Å². The molecule has 0 aromatic heterocycles. The second-order valence-electron chi connectivity index (χ2n) is 7.25. The molecule has 1 aliphatic heterocycles. The van der Waals surface area contributed by atoms with Crippen LogP contribution in [0.4, 0.5) is 0 Å². The molecule has 1 heterocycles. The topological polar surface area (TPSA) is 93.2 Å². The third-order valence-electron chi connectivity index (χ3n) is 4.69. The van der Waals surface area contributed by atoms with Gasteiger partial charge in [-0.15, -0.1) is 0 Å². The molecule has 0 bridgehead atoms. The van der Waals surface area contributed by atoms with Crippen molar-refractivity contribution in [2.45, 2.75) is 37.5 Å². The third-order valence-corrected chi connectivity index (χ3v) is 5.38. The van der Waals surface area contributed by atoms with Crippen LogP contribution in [0, 0.1) is 11.8 Å². The van der Waals surface area contributed by atoms with Gasteiger partial charge < -0.3 is 14.3 Å². The van der Waals surface area contributed by atoms with E-state index in [1.54, 1.807) is 7.98 Å². The number of ether oxygens (including phenoxy) is 2. The molecule has 0 aromatic carbocycles. The minimum atomic E-state index is -0.272. The number of rotatable bonds is 13. The monoisotopic (exact) mass is 508 g/mol. The van der Waals surface area contributed by atoms with Gasteiger partial charge in [0.2, 0.25) is 25.7 Å². The lowest BCUT2D eigenvalue weighted by Gasteiger charge is -2.20. The summed E-state index contributed by atoms with van der Waals surface area (Å²) < 4.78 is 10.6. The maximum absolute atomic E-state index is 12.2. The largest absolute Gasteiger partial charge is 0.391 e. The smallest absolute Gasteiger partial charge is 0.233 e. The molecular formula is C18H30BIN2O6. The highest BCUT2D eigenvalue weighted by Gasteiger charge is 2.39. The fraction of sp³-hybridized carbons (Fsp3) is 0.778. The number of carbonyl (C=O) groups is 4. The summed E-state index contributed by atoms with van der Waals surface area (Å²) in [5.41, 5.74) is 0. The average Bonchev–Trinajstić information content (AvgIpc) is 2.92. The van der Waals surface area contributed by atoms with Crippen LogP contribution in [0.3, 0.4) is 0 Å². The Morgan fingerprint density at radius 1 is 1.21 bits per heavy atom.